The van der Waals surface area contributed by atoms with E-state index in [1.54, 1.807) is 24.3 Å². The van der Waals surface area contributed by atoms with Crippen molar-refractivity contribution < 1.29 is 36.9 Å². The van der Waals surface area contributed by atoms with E-state index in [4.69, 9.17) is 18.9 Å². The fourth-order valence-electron chi connectivity index (χ4n) is 6.10. The number of alkyl halides is 3. The summed E-state index contributed by atoms with van der Waals surface area (Å²) >= 11 is 0. The minimum absolute atomic E-state index is 0.0153. The predicted octanol–water partition coefficient (Wildman–Crippen LogP) is 12.0. The molecule has 2 aromatic carbocycles. The third-order valence-corrected chi connectivity index (χ3v) is 9.03. The Morgan fingerprint density at radius 1 is 0.667 bits per heavy atom. The van der Waals surface area contributed by atoms with Crippen LogP contribution in [0.3, 0.4) is 0 Å². The minimum atomic E-state index is -4.68. The molecule has 1 aliphatic rings. The number of unbranched alkanes of at least 4 members (excludes halogenated alkanes) is 15. The Morgan fingerprint density at radius 3 is 1.69 bits per heavy atom. The third-order valence-electron chi connectivity index (χ3n) is 9.03. The van der Waals surface area contributed by atoms with Crippen molar-refractivity contribution in [2.24, 2.45) is 0 Å². The second-order valence-corrected chi connectivity index (χ2v) is 13.2. The maximum atomic E-state index is 13.8. The van der Waals surface area contributed by atoms with Gasteiger partial charge in [-0.1, -0.05) is 134 Å². The highest BCUT2D eigenvalue weighted by atomic mass is 19.4. The number of halogens is 3. The van der Waals surface area contributed by atoms with E-state index in [2.05, 4.69) is 13.8 Å². The summed E-state index contributed by atoms with van der Waals surface area (Å²) in [7, 11) is 0. The molecular weight excluding hydrogens is 617 g/mol. The van der Waals surface area contributed by atoms with Crippen LogP contribution in [0.4, 0.5) is 13.2 Å². The summed E-state index contributed by atoms with van der Waals surface area (Å²) in [5.41, 5.74) is 2.01. The van der Waals surface area contributed by atoms with Gasteiger partial charge in [-0.05, 0) is 54.7 Å². The number of rotatable bonds is 24. The molecule has 48 heavy (non-hydrogen) atoms. The van der Waals surface area contributed by atoms with Gasteiger partial charge >= 0.3 is 12.1 Å². The number of benzene rings is 2. The Hall–Kier alpha value is -2.58. The van der Waals surface area contributed by atoms with Crippen LogP contribution < -0.4 is 4.74 Å². The van der Waals surface area contributed by atoms with E-state index in [-0.39, 0.29) is 18.4 Å². The van der Waals surface area contributed by atoms with E-state index >= 15 is 0 Å². The molecular formula is C40H59F3O5. The van der Waals surface area contributed by atoms with E-state index in [1.165, 1.54) is 77.0 Å². The Balaban J connectivity index is 1.34. The average molecular weight is 677 g/mol. The van der Waals surface area contributed by atoms with Gasteiger partial charge in [0.25, 0.3) is 0 Å². The summed E-state index contributed by atoms with van der Waals surface area (Å²) < 4.78 is 63.4. The number of hydrogen-bond donors (Lipinski definition) is 0. The third kappa shape index (κ3) is 15.3. The van der Waals surface area contributed by atoms with Crippen molar-refractivity contribution >= 4 is 5.97 Å². The topological polar surface area (TPSA) is 54.0 Å². The zero-order valence-corrected chi connectivity index (χ0v) is 29.4. The summed E-state index contributed by atoms with van der Waals surface area (Å²) in [4.78, 5) is 12.8. The highest BCUT2D eigenvalue weighted by Gasteiger charge is 2.51. The van der Waals surface area contributed by atoms with Crippen molar-refractivity contribution in [3.8, 4) is 16.9 Å². The first-order chi connectivity index (χ1) is 23.3. The Bertz CT molecular complexity index is 1120. The lowest BCUT2D eigenvalue weighted by molar-refractivity contribution is -0.311. The van der Waals surface area contributed by atoms with Crippen molar-refractivity contribution in [2.45, 2.75) is 161 Å². The van der Waals surface area contributed by atoms with Gasteiger partial charge in [0.05, 0.1) is 12.2 Å². The smallest absolute Gasteiger partial charge is 0.418 e. The molecule has 1 aliphatic heterocycles. The molecule has 0 aromatic heterocycles. The zero-order valence-electron chi connectivity index (χ0n) is 29.4. The first-order valence-corrected chi connectivity index (χ1v) is 18.7. The quantitative estimate of drug-likeness (QED) is 0.0818. The SMILES string of the molecule is CCCCCCCCCCCCCCCOc1ccc(-c2ccc(C(=O)O[C@@H]3CC[C@@H](OCCCCCC)O[C@H]3C(F)(F)F)cc2)cc1. The molecule has 1 heterocycles. The minimum Gasteiger partial charge on any atom is -0.494 e. The molecule has 3 atom stereocenters. The van der Waals surface area contributed by atoms with Crippen LogP contribution >= 0.6 is 0 Å². The lowest BCUT2D eigenvalue weighted by Gasteiger charge is -2.36. The van der Waals surface area contributed by atoms with Crippen LogP contribution in [-0.4, -0.2) is 43.9 Å². The highest BCUT2D eigenvalue weighted by molar-refractivity contribution is 5.90. The van der Waals surface area contributed by atoms with Crippen LogP contribution in [0.25, 0.3) is 11.1 Å². The molecule has 0 amide bonds. The molecule has 8 heteroatoms. The molecule has 0 saturated carbocycles. The fourth-order valence-corrected chi connectivity index (χ4v) is 6.10. The van der Waals surface area contributed by atoms with E-state index in [0.29, 0.717) is 13.2 Å². The number of carbonyl (C=O) groups is 1. The summed E-state index contributed by atoms with van der Waals surface area (Å²) in [5.74, 6) is 0.0104. The predicted molar refractivity (Wildman–Crippen MR) is 186 cm³/mol. The summed E-state index contributed by atoms with van der Waals surface area (Å²) in [6.45, 7) is 5.39. The molecule has 1 fully saturated rings. The molecule has 5 nitrogen and oxygen atoms in total. The standard InChI is InChI=1S/C40H59F3O5/c1-3-5-7-9-10-11-12-13-14-15-16-17-19-30-45-35-26-24-33(25-27-35)32-20-22-34(23-21-32)39(44)47-36-28-29-37(46-31-18-8-6-4-2)48-38(36)40(41,42)43/h20-27,36-38H,3-19,28-31H2,1-2H3/t36-,37+,38-/m1/s1. The lowest BCUT2D eigenvalue weighted by atomic mass is 10.0. The normalized spacial score (nSPS) is 18.1. The number of esters is 1. The van der Waals surface area contributed by atoms with Crippen molar-refractivity contribution in [1.82, 2.24) is 0 Å². The van der Waals surface area contributed by atoms with Gasteiger partial charge in [-0.2, -0.15) is 13.2 Å². The Morgan fingerprint density at radius 2 is 1.15 bits per heavy atom. The molecule has 0 aliphatic carbocycles. The molecule has 0 bridgehead atoms. The zero-order chi connectivity index (χ0) is 34.5. The molecule has 0 unspecified atom stereocenters. The van der Waals surface area contributed by atoms with Crippen LogP contribution in [0.2, 0.25) is 0 Å². The number of ether oxygens (including phenoxy) is 4. The monoisotopic (exact) mass is 676 g/mol. The Kier molecular flexibility index (Phi) is 19.0. The first-order valence-electron chi connectivity index (χ1n) is 18.7. The maximum absolute atomic E-state index is 13.8. The van der Waals surface area contributed by atoms with Crippen molar-refractivity contribution in [2.75, 3.05) is 13.2 Å². The van der Waals surface area contributed by atoms with Crippen LogP contribution in [0.1, 0.15) is 146 Å². The van der Waals surface area contributed by atoms with Crippen LogP contribution in [0.5, 0.6) is 5.75 Å². The van der Waals surface area contributed by atoms with Crippen molar-refractivity contribution in [3.63, 3.8) is 0 Å². The fraction of sp³-hybridized carbons (Fsp3) is 0.675. The molecule has 3 rings (SSSR count). The van der Waals surface area contributed by atoms with Crippen molar-refractivity contribution in [3.05, 3.63) is 54.1 Å². The van der Waals surface area contributed by atoms with Gasteiger partial charge in [0.2, 0.25) is 0 Å². The summed E-state index contributed by atoms with van der Waals surface area (Å²) in [6.07, 6.45) is 11.9. The van der Waals surface area contributed by atoms with Gasteiger partial charge in [-0.3, -0.25) is 0 Å². The van der Waals surface area contributed by atoms with Gasteiger partial charge < -0.3 is 18.9 Å². The molecule has 0 spiro atoms. The molecule has 1 saturated heterocycles. The highest BCUT2D eigenvalue weighted by Crippen LogP contribution is 2.35. The van der Waals surface area contributed by atoms with Gasteiger partial charge in [-0.15, -0.1) is 0 Å². The van der Waals surface area contributed by atoms with E-state index in [1.807, 2.05) is 24.3 Å². The lowest BCUT2D eigenvalue weighted by Crippen LogP contribution is -2.50. The van der Waals surface area contributed by atoms with Gasteiger partial charge in [0.15, 0.2) is 12.4 Å². The summed E-state index contributed by atoms with van der Waals surface area (Å²) in [5, 5.41) is 0. The molecule has 0 radical (unpaired) electrons. The number of hydrogen-bond acceptors (Lipinski definition) is 5. The number of carbonyl (C=O) groups excluding carboxylic acids is 1. The average Bonchev–Trinajstić information content (AvgIpc) is 3.08. The molecule has 2 aromatic rings. The Labute approximate surface area is 287 Å². The second-order valence-electron chi connectivity index (χ2n) is 13.2. The molecule has 0 N–H and O–H groups in total. The van der Waals surface area contributed by atoms with Crippen LogP contribution in [0.15, 0.2) is 48.5 Å². The van der Waals surface area contributed by atoms with E-state index < -0.39 is 30.6 Å². The van der Waals surface area contributed by atoms with Gasteiger partial charge in [-0.25, -0.2) is 4.79 Å². The van der Waals surface area contributed by atoms with Crippen molar-refractivity contribution in [1.29, 1.82) is 0 Å². The van der Waals surface area contributed by atoms with Gasteiger partial charge in [0.1, 0.15) is 11.9 Å². The summed E-state index contributed by atoms with van der Waals surface area (Å²) in [6, 6.07) is 14.5. The van der Waals surface area contributed by atoms with Crippen LogP contribution in [-0.2, 0) is 14.2 Å². The van der Waals surface area contributed by atoms with E-state index in [9.17, 15) is 18.0 Å². The second kappa shape index (κ2) is 22.9. The largest absolute Gasteiger partial charge is 0.494 e. The van der Waals surface area contributed by atoms with E-state index in [0.717, 1.165) is 49.0 Å². The molecule has 270 valence electrons. The van der Waals surface area contributed by atoms with Gasteiger partial charge in [0, 0.05) is 13.0 Å². The van der Waals surface area contributed by atoms with Crippen LogP contribution in [0, 0.1) is 0 Å². The first kappa shape index (κ1) is 39.9. The maximum Gasteiger partial charge on any atom is 0.418 e.